The largest absolute Gasteiger partial charge is 0.330 e. The molecule has 1 amide bonds. The topological polar surface area (TPSA) is 148 Å². The maximum atomic E-state index is 12.8. The van der Waals surface area contributed by atoms with Crippen LogP contribution in [-0.4, -0.2) is 33.4 Å². The number of amides is 1. The molecule has 36 heavy (non-hydrogen) atoms. The molecule has 186 valence electrons. The van der Waals surface area contributed by atoms with Crippen molar-refractivity contribution in [1.82, 2.24) is 23.8 Å². The normalized spacial score (nSPS) is 13.5. The second kappa shape index (κ2) is 9.21. The molecule has 4 aromatic rings. The Balaban J connectivity index is 1.30. The fourth-order valence-corrected chi connectivity index (χ4v) is 5.31. The molecule has 1 aliphatic rings. The second-order valence-corrected chi connectivity index (χ2v) is 10.3. The predicted molar refractivity (Wildman–Crippen MR) is 133 cm³/mol. The number of hydrogen-bond acceptors (Lipinski definition) is 6. The number of nitrogens with one attached hydrogen (secondary N) is 3. The smallest absolute Gasteiger partial charge is 0.326 e. The van der Waals surface area contributed by atoms with Gasteiger partial charge in [0.25, 0.3) is 5.56 Å². The molecule has 0 bridgehead atoms. The van der Waals surface area contributed by atoms with Gasteiger partial charge in [0.2, 0.25) is 15.9 Å². The van der Waals surface area contributed by atoms with Crippen LogP contribution in [0.1, 0.15) is 30.0 Å². The first-order valence-corrected chi connectivity index (χ1v) is 12.9. The Labute approximate surface area is 205 Å². The minimum Gasteiger partial charge on any atom is -0.326 e. The van der Waals surface area contributed by atoms with Crippen LogP contribution in [0.15, 0.2) is 63.3 Å². The predicted octanol–water partition coefficient (Wildman–Crippen LogP) is 1.32. The van der Waals surface area contributed by atoms with Crippen LogP contribution in [0.2, 0.25) is 0 Å². The summed E-state index contributed by atoms with van der Waals surface area (Å²) >= 11 is 0. The number of nitrogens with zero attached hydrogens (tertiary/aromatic N) is 3. The van der Waals surface area contributed by atoms with Gasteiger partial charge in [0.1, 0.15) is 0 Å². The van der Waals surface area contributed by atoms with Crippen LogP contribution in [0.3, 0.4) is 0 Å². The number of aryl methyl sites for hydroxylation is 2. The van der Waals surface area contributed by atoms with Crippen molar-refractivity contribution in [2.45, 2.75) is 44.3 Å². The molecule has 5 rings (SSSR count). The van der Waals surface area contributed by atoms with E-state index in [1.807, 2.05) is 6.92 Å². The number of sulfonamides is 1. The minimum atomic E-state index is -3.75. The molecule has 0 aliphatic carbocycles. The zero-order valence-corrected chi connectivity index (χ0v) is 20.3. The van der Waals surface area contributed by atoms with Crippen molar-refractivity contribution in [3.05, 3.63) is 86.3 Å². The van der Waals surface area contributed by atoms with Crippen LogP contribution in [0, 0.1) is 0 Å². The van der Waals surface area contributed by atoms with Gasteiger partial charge >= 0.3 is 5.69 Å². The number of carbonyl (C=O) groups excluding carboxylic acids is 1. The van der Waals surface area contributed by atoms with Crippen LogP contribution in [0.25, 0.3) is 11.2 Å². The molecule has 2 aromatic heterocycles. The summed E-state index contributed by atoms with van der Waals surface area (Å²) in [7, 11) is -3.75. The van der Waals surface area contributed by atoms with E-state index in [2.05, 4.69) is 20.0 Å². The molecule has 11 nitrogen and oxygen atoms in total. The molecule has 0 saturated carbocycles. The zero-order valence-electron chi connectivity index (χ0n) is 19.4. The lowest BCUT2D eigenvalue weighted by Gasteiger charge is -2.17. The molecule has 12 heteroatoms. The first-order chi connectivity index (χ1) is 17.2. The lowest BCUT2D eigenvalue weighted by molar-refractivity contribution is -0.116. The zero-order chi connectivity index (χ0) is 25.4. The van der Waals surface area contributed by atoms with E-state index >= 15 is 0 Å². The summed E-state index contributed by atoms with van der Waals surface area (Å²) in [5, 5.41) is 2.74. The molecule has 1 aliphatic heterocycles. The number of aromatic nitrogens is 4. The second-order valence-electron chi connectivity index (χ2n) is 8.56. The highest BCUT2D eigenvalue weighted by Crippen LogP contribution is 2.25. The summed E-state index contributed by atoms with van der Waals surface area (Å²) in [4.78, 5) is 42.9. The van der Waals surface area contributed by atoms with Gasteiger partial charge in [0.05, 0.1) is 17.8 Å². The molecular weight excluding hydrogens is 484 g/mol. The van der Waals surface area contributed by atoms with Crippen molar-refractivity contribution >= 4 is 32.8 Å². The van der Waals surface area contributed by atoms with Gasteiger partial charge in [-0.3, -0.25) is 19.1 Å². The molecule has 0 unspecified atom stereocenters. The van der Waals surface area contributed by atoms with Gasteiger partial charge in [0, 0.05) is 25.2 Å². The Morgan fingerprint density at radius 1 is 1.03 bits per heavy atom. The average Bonchev–Trinajstić information content (AvgIpc) is 3.30. The van der Waals surface area contributed by atoms with E-state index in [0.717, 1.165) is 16.7 Å². The van der Waals surface area contributed by atoms with Gasteiger partial charge in [-0.05, 0) is 48.2 Å². The number of aromatic amines is 1. The molecule has 0 fully saturated rings. The molecule has 0 radical (unpaired) electrons. The van der Waals surface area contributed by atoms with Crippen LogP contribution < -0.4 is 21.3 Å². The number of benzene rings is 2. The monoisotopic (exact) mass is 508 g/mol. The highest BCUT2D eigenvalue weighted by molar-refractivity contribution is 7.89. The van der Waals surface area contributed by atoms with Crippen LogP contribution >= 0.6 is 0 Å². The van der Waals surface area contributed by atoms with Gasteiger partial charge in [-0.1, -0.05) is 24.3 Å². The minimum absolute atomic E-state index is 0.0786. The lowest BCUT2D eigenvalue weighted by atomic mass is 10.0. The van der Waals surface area contributed by atoms with Crippen LogP contribution in [-0.2, 0) is 40.9 Å². The van der Waals surface area contributed by atoms with Gasteiger partial charge in [0.15, 0.2) is 11.2 Å². The van der Waals surface area contributed by atoms with E-state index in [1.165, 1.54) is 17.0 Å². The summed E-state index contributed by atoms with van der Waals surface area (Å²) in [6.07, 6.45) is 2.35. The van der Waals surface area contributed by atoms with Crippen molar-refractivity contribution in [2.24, 2.45) is 0 Å². The highest BCUT2D eigenvalue weighted by Gasteiger charge is 2.20. The molecule has 2 aromatic carbocycles. The number of fused-ring (bicyclic) bond motifs is 2. The van der Waals surface area contributed by atoms with Crippen molar-refractivity contribution in [2.75, 3.05) is 5.32 Å². The third-order valence-electron chi connectivity index (χ3n) is 6.21. The van der Waals surface area contributed by atoms with Crippen molar-refractivity contribution in [1.29, 1.82) is 0 Å². The maximum absolute atomic E-state index is 12.8. The van der Waals surface area contributed by atoms with E-state index in [-0.39, 0.29) is 23.9 Å². The van der Waals surface area contributed by atoms with E-state index in [9.17, 15) is 22.8 Å². The maximum Gasteiger partial charge on any atom is 0.330 e. The summed E-state index contributed by atoms with van der Waals surface area (Å²) in [5.74, 6) is -0.0786. The average molecular weight is 509 g/mol. The highest BCUT2D eigenvalue weighted by atomic mass is 32.2. The van der Waals surface area contributed by atoms with Gasteiger partial charge in [-0.25, -0.2) is 22.9 Å². The summed E-state index contributed by atoms with van der Waals surface area (Å²) < 4.78 is 31.3. The Morgan fingerprint density at radius 2 is 1.78 bits per heavy atom. The van der Waals surface area contributed by atoms with E-state index in [1.54, 1.807) is 41.0 Å². The summed E-state index contributed by atoms with van der Waals surface area (Å²) in [6.45, 7) is 2.71. The van der Waals surface area contributed by atoms with E-state index in [0.29, 0.717) is 36.2 Å². The number of anilines is 1. The third kappa shape index (κ3) is 4.48. The molecular formula is C24H24N6O5S. The number of hydrogen-bond donors (Lipinski definition) is 3. The van der Waals surface area contributed by atoms with Crippen LogP contribution in [0.4, 0.5) is 5.69 Å². The van der Waals surface area contributed by atoms with E-state index < -0.39 is 21.3 Å². The fraction of sp³-hybridized carbons (Fsp3) is 0.250. The molecule has 0 atom stereocenters. The SMILES string of the molecule is CCn1cnc2c1c(=O)[nH]c(=O)n2Cc1ccc(CNS(=O)(=O)c2ccc3c(c2)CCC(=O)N3)cc1. The number of H-pyrrole nitrogens is 1. The first-order valence-electron chi connectivity index (χ1n) is 11.4. The number of carbonyl (C=O) groups is 1. The Hall–Kier alpha value is -4.03. The van der Waals surface area contributed by atoms with Crippen LogP contribution in [0.5, 0.6) is 0 Å². The summed E-state index contributed by atoms with van der Waals surface area (Å²) in [6, 6.07) is 11.8. The molecule has 3 heterocycles. The Kier molecular flexibility index (Phi) is 6.06. The van der Waals surface area contributed by atoms with Gasteiger partial charge in [-0.2, -0.15) is 0 Å². The lowest BCUT2D eigenvalue weighted by Crippen LogP contribution is -2.31. The van der Waals surface area contributed by atoms with Crippen molar-refractivity contribution in [3.8, 4) is 0 Å². The van der Waals surface area contributed by atoms with Gasteiger partial charge < -0.3 is 9.88 Å². The molecule has 0 spiro atoms. The Bertz CT molecular complexity index is 1700. The molecule has 0 saturated heterocycles. The third-order valence-corrected chi connectivity index (χ3v) is 7.61. The fourth-order valence-electron chi connectivity index (χ4n) is 4.24. The quantitative estimate of drug-likeness (QED) is 0.343. The standard InChI is InChI=1S/C24H24N6O5S/c1-2-29-14-25-22-21(29)23(32)28-24(33)30(22)13-16-5-3-15(4-6-16)12-26-36(34,35)18-8-9-19-17(11-18)7-10-20(31)27-19/h3-6,8-9,11,14,26H,2,7,10,12-13H2,1H3,(H,27,31)(H,28,32,33). The molecule has 3 N–H and O–H groups in total. The van der Waals surface area contributed by atoms with E-state index in [4.69, 9.17) is 0 Å². The first kappa shape index (κ1) is 23.7. The summed E-state index contributed by atoms with van der Waals surface area (Å²) in [5.41, 5.74) is 2.59. The Morgan fingerprint density at radius 3 is 2.53 bits per heavy atom. The number of imidazole rings is 1. The van der Waals surface area contributed by atoms with Crippen molar-refractivity contribution < 1.29 is 13.2 Å². The van der Waals surface area contributed by atoms with Gasteiger partial charge in [-0.15, -0.1) is 0 Å². The number of rotatable bonds is 7. The van der Waals surface area contributed by atoms with Crippen molar-refractivity contribution in [3.63, 3.8) is 0 Å².